The van der Waals surface area contributed by atoms with Crippen LogP contribution in [0.4, 0.5) is 10.1 Å². The molecule has 26 heavy (non-hydrogen) atoms. The van der Waals surface area contributed by atoms with E-state index in [-0.39, 0.29) is 22.4 Å². The number of nitrogens with two attached hydrogens (primary N) is 1. The Morgan fingerprint density at radius 3 is 2.42 bits per heavy atom. The Hall–Kier alpha value is -2.45. The predicted octanol–water partition coefficient (Wildman–Crippen LogP) is 2.40. The van der Waals surface area contributed by atoms with Gasteiger partial charge in [-0.05, 0) is 68.3 Å². The summed E-state index contributed by atoms with van der Waals surface area (Å²) in [5.41, 5.74) is 6.58. The molecule has 4 N–H and O–H groups in total. The number of amides is 1. The van der Waals surface area contributed by atoms with Gasteiger partial charge in [0.15, 0.2) is 0 Å². The first kappa shape index (κ1) is 19.9. The number of hydrogen-bond donors (Lipinski definition) is 3. The van der Waals surface area contributed by atoms with E-state index in [2.05, 4.69) is 10.0 Å². The molecule has 0 spiro atoms. The van der Waals surface area contributed by atoms with E-state index in [1.54, 1.807) is 0 Å². The van der Waals surface area contributed by atoms with Crippen molar-refractivity contribution < 1.29 is 17.6 Å². The number of benzene rings is 2. The van der Waals surface area contributed by atoms with Gasteiger partial charge >= 0.3 is 0 Å². The molecule has 0 aromatic heterocycles. The lowest BCUT2D eigenvalue weighted by molar-refractivity contribution is 0.0953. The first-order chi connectivity index (χ1) is 12.2. The quantitative estimate of drug-likeness (QED) is 0.687. The second kappa shape index (κ2) is 8.29. The molecule has 8 heteroatoms. The van der Waals surface area contributed by atoms with Gasteiger partial charge in [-0.3, -0.25) is 9.52 Å². The van der Waals surface area contributed by atoms with Gasteiger partial charge in [0.25, 0.3) is 15.9 Å². The first-order valence-corrected chi connectivity index (χ1v) is 9.60. The van der Waals surface area contributed by atoms with Crippen LogP contribution in [0.2, 0.25) is 0 Å². The molecular formula is C18H22FN3O3S. The average Bonchev–Trinajstić information content (AvgIpc) is 2.57. The zero-order chi connectivity index (χ0) is 19.3. The van der Waals surface area contributed by atoms with Crippen LogP contribution in [-0.4, -0.2) is 26.9 Å². The Morgan fingerprint density at radius 2 is 1.85 bits per heavy atom. The van der Waals surface area contributed by atoms with Crippen LogP contribution in [0.3, 0.4) is 0 Å². The van der Waals surface area contributed by atoms with Crippen molar-refractivity contribution in [1.82, 2.24) is 5.32 Å². The van der Waals surface area contributed by atoms with Gasteiger partial charge in [0.2, 0.25) is 0 Å². The van der Waals surface area contributed by atoms with Crippen molar-refractivity contribution in [2.24, 2.45) is 5.73 Å². The van der Waals surface area contributed by atoms with Crippen molar-refractivity contribution in [2.75, 3.05) is 11.3 Å². The lowest BCUT2D eigenvalue weighted by Gasteiger charge is -2.10. The van der Waals surface area contributed by atoms with Gasteiger partial charge in [0.1, 0.15) is 5.82 Å². The second-order valence-electron chi connectivity index (χ2n) is 6.12. The fraction of sp³-hybridized carbons (Fsp3) is 0.278. The maximum atomic E-state index is 13.3. The Labute approximate surface area is 152 Å². The molecule has 0 fully saturated rings. The normalized spacial score (nSPS) is 12.5. The summed E-state index contributed by atoms with van der Waals surface area (Å²) in [6, 6.07) is 9.61. The molecule has 6 nitrogen and oxygen atoms in total. The summed E-state index contributed by atoms with van der Waals surface area (Å²) in [7, 11) is -3.84. The van der Waals surface area contributed by atoms with Crippen LogP contribution in [0.15, 0.2) is 47.4 Å². The zero-order valence-corrected chi connectivity index (χ0v) is 15.4. The van der Waals surface area contributed by atoms with Gasteiger partial charge in [-0.1, -0.05) is 0 Å². The van der Waals surface area contributed by atoms with E-state index in [0.29, 0.717) is 24.2 Å². The average molecular weight is 379 g/mol. The van der Waals surface area contributed by atoms with Gasteiger partial charge in [-0.15, -0.1) is 0 Å². The number of aryl methyl sites for hydroxylation is 1. The minimum Gasteiger partial charge on any atom is -0.352 e. The highest BCUT2D eigenvalue weighted by molar-refractivity contribution is 7.92. The highest BCUT2D eigenvalue weighted by Crippen LogP contribution is 2.19. The monoisotopic (exact) mass is 379 g/mol. The number of nitrogens with one attached hydrogen (secondary N) is 2. The summed E-state index contributed by atoms with van der Waals surface area (Å²) in [6.07, 6.45) is 0.667. The minimum atomic E-state index is -3.84. The molecule has 1 atom stereocenters. The van der Waals surface area contributed by atoms with E-state index in [0.717, 1.165) is 6.07 Å². The summed E-state index contributed by atoms with van der Waals surface area (Å²) in [6.45, 7) is 3.82. The number of rotatable bonds is 7. The van der Waals surface area contributed by atoms with E-state index in [4.69, 9.17) is 5.73 Å². The fourth-order valence-electron chi connectivity index (χ4n) is 2.20. The summed E-state index contributed by atoms with van der Waals surface area (Å²) >= 11 is 0. The molecule has 0 aliphatic carbocycles. The van der Waals surface area contributed by atoms with Crippen molar-refractivity contribution in [1.29, 1.82) is 0 Å². The standard InChI is InChI=1S/C18H22FN3O3S/c1-12-11-16(7-8-17(12)19)26(24,25)22-15-5-3-14(4-6-15)18(23)21-10-9-13(2)20/h3-8,11,13,22H,9-10,20H2,1-2H3,(H,21,23). The number of hydrogen-bond acceptors (Lipinski definition) is 4. The minimum absolute atomic E-state index is 0.00202. The third kappa shape index (κ3) is 5.27. The molecule has 0 radical (unpaired) electrons. The van der Waals surface area contributed by atoms with Crippen LogP contribution >= 0.6 is 0 Å². The Bertz CT molecular complexity index is 881. The lowest BCUT2D eigenvalue weighted by atomic mass is 10.2. The molecule has 0 heterocycles. The molecule has 2 aromatic rings. The predicted molar refractivity (Wildman–Crippen MR) is 99.0 cm³/mol. The zero-order valence-electron chi connectivity index (χ0n) is 14.6. The number of carbonyl (C=O) groups excluding carboxylic acids is 1. The topological polar surface area (TPSA) is 101 Å². The summed E-state index contributed by atoms with van der Waals surface area (Å²) in [4.78, 5) is 12.0. The summed E-state index contributed by atoms with van der Waals surface area (Å²) in [5, 5.41) is 2.74. The van der Waals surface area contributed by atoms with E-state index in [1.807, 2.05) is 6.92 Å². The SMILES string of the molecule is Cc1cc(S(=O)(=O)Nc2ccc(C(=O)NCCC(C)N)cc2)ccc1F. The van der Waals surface area contributed by atoms with Gasteiger partial charge in [-0.2, -0.15) is 0 Å². The molecule has 2 aromatic carbocycles. The summed E-state index contributed by atoms with van der Waals surface area (Å²) in [5.74, 6) is -0.724. The van der Waals surface area contributed by atoms with Gasteiger partial charge in [0.05, 0.1) is 4.90 Å². The van der Waals surface area contributed by atoms with Crippen LogP contribution in [-0.2, 0) is 10.0 Å². The molecule has 0 aliphatic rings. The van der Waals surface area contributed by atoms with Crippen molar-refractivity contribution in [2.45, 2.75) is 31.2 Å². The molecule has 0 saturated carbocycles. The van der Waals surface area contributed by atoms with Crippen molar-refractivity contribution in [3.63, 3.8) is 0 Å². The number of halogens is 1. The van der Waals surface area contributed by atoms with E-state index >= 15 is 0 Å². The smallest absolute Gasteiger partial charge is 0.261 e. The Kier molecular flexibility index (Phi) is 6.33. The van der Waals surface area contributed by atoms with Crippen LogP contribution in [0.5, 0.6) is 0 Å². The molecule has 0 bridgehead atoms. The fourth-order valence-corrected chi connectivity index (χ4v) is 3.35. The number of sulfonamides is 1. The third-order valence-corrected chi connectivity index (χ3v) is 5.10. The van der Waals surface area contributed by atoms with Crippen LogP contribution < -0.4 is 15.8 Å². The van der Waals surface area contributed by atoms with Crippen LogP contribution in [0.25, 0.3) is 0 Å². The van der Waals surface area contributed by atoms with E-state index in [9.17, 15) is 17.6 Å². The largest absolute Gasteiger partial charge is 0.352 e. The van der Waals surface area contributed by atoms with Crippen LogP contribution in [0.1, 0.15) is 29.3 Å². The van der Waals surface area contributed by atoms with Crippen LogP contribution in [0, 0.1) is 12.7 Å². The highest BCUT2D eigenvalue weighted by atomic mass is 32.2. The number of anilines is 1. The summed E-state index contributed by atoms with van der Waals surface area (Å²) < 4.78 is 40.4. The van der Waals surface area contributed by atoms with Crippen molar-refractivity contribution in [3.8, 4) is 0 Å². The Morgan fingerprint density at radius 1 is 1.19 bits per heavy atom. The first-order valence-electron chi connectivity index (χ1n) is 8.12. The molecule has 140 valence electrons. The molecule has 2 rings (SSSR count). The molecular weight excluding hydrogens is 357 g/mol. The second-order valence-corrected chi connectivity index (χ2v) is 7.80. The Balaban J connectivity index is 2.06. The van der Waals surface area contributed by atoms with Gasteiger partial charge in [0, 0.05) is 23.8 Å². The molecule has 1 amide bonds. The number of carbonyl (C=O) groups is 1. The molecule has 0 saturated heterocycles. The molecule has 0 aliphatic heterocycles. The highest BCUT2D eigenvalue weighted by Gasteiger charge is 2.16. The molecule has 1 unspecified atom stereocenters. The van der Waals surface area contributed by atoms with Gasteiger partial charge < -0.3 is 11.1 Å². The van der Waals surface area contributed by atoms with E-state index in [1.165, 1.54) is 43.3 Å². The van der Waals surface area contributed by atoms with E-state index < -0.39 is 15.8 Å². The van der Waals surface area contributed by atoms with Crippen molar-refractivity contribution in [3.05, 3.63) is 59.4 Å². The van der Waals surface area contributed by atoms with Crippen molar-refractivity contribution >= 4 is 21.6 Å². The maximum Gasteiger partial charge on any atom is 0.261 e. The van der Waals surface area contributed by atoms with Gasteiger partial charge in [-0.25, -0.2) is 12.8 Å². The maximum absolute atomic E-state index is 13.3. The lowest BCUT2D eigenvalue weighted by Crippen LogP contribution is -2.28. The third-order valence-electron chi connectivity index (χ3n) is 3.72.